The van der Waals surface area contributed by atoms with Gasteiger partial charge >= 0.3 is 0 Å². The molecule has 0 aromatic heterocycles. The van der Waals surface area contributed by atoms with Crippen molar-refractivity contribution in [3.63, 3.8) is 0 Å². The highest BCUT2D eigenvalue weighted by molar-refractivity contribution is 4.49. The van der Waals surface area contributed by atoms with Gasteiger partial charge in [0.1, 0.15) is 0 Å². The third-order valence-electron chi connectivity index (χ3n) is 2.66. The summed E-state index contributed by atoms with van der Waals surface area (Å²) in [5.74, 6) is 0. The van der Waals surface area contributed by atoms with Crippen molar-refractivity contribution in [3.8, 4) is 0 Å². The van der Waals surface area contributed by atoms with E-state index in [-0.39, 0.29) is 0 Å². The van der Waals surface area contributed by atoms with Crippen molar-refractivity contribution in [1.82, 2.24) is 0 Å². The molecule has 3 N–H and O–H groups in total. The lowest BCUT2D eigenvalue weighted by Crippen LogP contribution is -2.66. The Kier molecular flexibility index (Phi) is 2.09. The normalized spacial score (nSPS) is 24.7. The summed E-state index contributed by atoms with van der Waals surface area (Å²) in [7, 11) is 0. The zero-order valence-electron chi connectivity index (χ0n) is 6.40. The fourth-order valence-electron chi connectivity index (χ4n) is 1.70. The molecule has 1 saturated heterocycles. The van der Waals surface area contributed by atoms with Gasteiger partial charge < -0.3 is 5.73 Å². The maximum Gasteiger partial charge on any atom is 0.202 e. The van der Waals surface area contributed by atoms with Crippen molar-refractivity contribution < 1.29 is 10.2 Å². The Bertz CT molecular complexity index is 78.9. The van der Waals surface area contributed by atoms with E-state index in [1.54, 1.807) is 0 Å². The Morgan fingerprint density at radius 3 is 2.11 bits per heavy atom. The SMILES string of the molecule is CC[N+]1(C[NH3+])CCCC1. The lowest BCUT2D eigenvalue weighted by Gasteiger charge is -2.28. The molecule has 1 aliphatic heterocycles. The topological polar surface area (TPSA) is 27.6 Å². The summed E-state index contributed by atoms with van der Waals surface area (Å²) in [5.41, 5.74) is 3.98. The van der Waals surface area contributed by atoms with Crippen LogP contribution in [0, 0.1) is 0 Å². The summed E-state index contributed by atoms with van der Waals surface area (Å²) in [6.07, 6.45) is 2.84. The van der Waals surface area contributed by atoms with Gasteiger partial charge in [0.2, 0.25) is 6.67 Å². The van der Waals surface area contributed by atoms with Crippen LogP contribution >= 0.6 is 0 Å². The van der Waals surface area contributed by atoms with Gasteiger partial charge in [-0.25, -0.2) is 0 Å². The Morgan fingerprint density at radius 2 is 1.89 bits per heavy atom. The molecule has 0 radical (unpaired) electrons. The minimum Gasteiger partial charge on any atom is -0.311 e. The van der Waals surface area contributed by atoms with Gasteiger partial charge in [-0.3, -0.25) is 4.48 Å². The fraction of sp³-hybridized carbons (Fsp3) is 1.00. The van der Waals surface area contributed by atoms with E-state index in [2.05, 4.69) is 12.7 Å². The van der Waals surface area contributed by atoms with Gasteiger partial charge in [-0.2, -0.15) is 0 Å². The predicted molar refractivity (Wildman–Crippen MR) is 37.5 cm³/mol. The van der Waals surface area contributed by atoms with Crippen LogP contribution in [0.15, 0.2) is 0 Å². The van der Waals surface area contributed by atoms with E-state index in [4.69, 9.17) is 0 Å². The quantitative estimate of drug-likeness (QED) is 0.502. The number of likely N-dealkylation sites (tertiary alicyclic amines) is 1. The van der Waals surface area contributed by atoms with Crippen LogP contribution in [-0.4, -0.2) is 30.8 Å². The molecular formula is C7H18N2+2. The monoisotopic (exact) mass is 130 g/mol. The van der Waals surface area contributed by atoms with E-state index >= 15 is 0 Å². The molecule has 9 heavy (non-hydrogen) atoms. The second-order valence-corrected chi connectivity index (χ2v) is 3.04. The highest BCUT2D eigenvalue weighted by Crippen LogP contribution is 2.15. The summed E-state index contributed by atoms with van der Waals surface area (Å²) >= 11 is 0. The molecule has 0 aromatic carbocycles. The summed E-state index contributed by atoms with van der Waals surface area (Å²) in [5, 5.41) is 0. The molecule has 1 fully saturated rings. The molecule has 0 bridgehead atoms. The Morgan fingerprint density at radius 1 is 1.33 bits per heavy atom. The first-order chi connectivity index (χ1) is 4.33. The van der Waals surface area contributed by atoms with Gasteiger partial charge in [0, 0.05) is 12.8 Å². The number of hydrogen-bond acceptors (Lipinski definition) is 0. The maximum atomic E-state index is 3.98. The smallest absolute Gasteiger partial charge is 0.202 e. The van der Waals surface area contributed by atoms with E-state index in [1.807, 2.05) is 0 Å². The number of rotatable bonds is 2. The lowest BCUT2D eigenvalue weighted by molar-refractivity contribution is -0.971. The molecular weight excluding hydrogens is 112 g/mol. The molecule has 0 amide bonds. The Balaban J connectivity index is 2.45. The molecule has 0 atom stereocenters. The summed E-state index contributed by atoms with van der Waals surface area (Å²) in [4.78, 5) is 0. The molecule has 54 valence electrons. The number of hydrogen-bond donors (Lipinski definition) is 1. The highest BCUT2D eigenvalue weighted by Gasteiger charge is 2.29. The van der Waals surface area contributed by atoms with E-state index in [0.717, 1.165) is 6.67 Å². The molecule has 1 heterocycles. The van der Waals surface area contributed by atoms with E-state index in [9.17, 15) is 0 Å². The van der Waals surface area contributed by atoms with Crippen molar-refractivity contribution >= 4 is 0 Å². The van der Waals surface area contributed by atoms with Crippen molar-refractivity contribution in [3.05, 3.63) is 0 Å². The molecule has 2 heteroatoms. The van der Waals surface area contributed by atoms with Gasteiger partial charge in [-0.1, -0.05) is 0 Å². The van der Waals surface area contributed by atoms with Crippen LogP contribution < -0.4 is 5.73 Å². The van der Waals surface area contributed by atoms with Crippen LogP contribution in [0.5, 0.6) is 0 Å². The van der Waals surface area contributed by atoms with E-state index in [1.165, 1.54) is 37.0 Å². The first-order valence-electron chi connectivity index (χ1n) is 3.97. The van der Waals surface area contributed by atoms with Gasteiger partial charge in [0.05, 0.1) is 19.6 Å². The second kappa shape index (κ2) is 2.67. The lowest BCUT2D eigenvalue weighted by atomic mass is 10.4. The van der Waals surface area contributed by atoms with Crippen molar-refractivity contribution in [2.75, 3.05) is 26.3 Å². The van der Waals surface area contributed by atoms with Crippen LogP contribution in [-0.2, 0) is 0 Å². The van der Waals surface area contributed by atoms with Crippen LogP contribution in [0.3, 0.4) is 0 Å². The van der Waals surface area contributed by atoms with Crippen LogP contribution in [0.2, 0.25) is 0 Å². The average Bonchev–Trinajstić information content (AvgIpc) is 2.36. The molecule has 0 aliphatic carbocycles. The van der Waals surface area contributed by atoms with Gasteiger partial charge in [-0.05, 0) is 6.92 Å². The van der Waals surface area contributed by atoms with Crippen molar-refractivity contribution in [2.24, 2.45) is 0 Å². The zero-order chi connectivity index (χ0) is 6.74. The van der Waals surface area contributed by atoms with Gasteiger partial charge in [-0.15, -0.1) is 0 Å². The summed E-state index contributed by atoms with van der Waals surface area (Å²) in [6, 6.07) is 0. The average molecular weight is 130 g/mol. The molecule has 0 aromatic rings. The zero-order valence-corrected chi connectivity index (χ0v) is 6.40. The van der Waals surface area contributed by atoms with Gasteiger partial charge in [0.25, 0.3) is 0 Å². The third kappa shape index (κ3) is 1.25. The van der Waals surface area contributed by atoms with Crippen LogP contribution in [0.1, 0.15) is 19.8 Å². The summed E-state index contributed by atoms with van der Waals surface area (Å²) in [6.45, 7) is 7.40. The molecule has 1 rings (SSSR count). The van der Waals surface area contributed by atoms with E-state index in [0.29, 0.717) is 0 Å². The minimum atomic E-state index is 1.09. The summed E-state index contributed by atoms with van der Waals surface area (Å²) < 4.78 is 1.28. The fourth-order valence-corrected chi connectivity index (χ4v) is 1.70. The minimum absolute atomic E-state index is 1.09. The first kappa shape index (κ1) is 7.03. The standard InChI is InChI=1S/C7H17N2/c1-2-9(7-8)5-3-4-6-9/h2-8H2,1H3/q+1/p+1. The van der Waals surface area contributed by atoms with Crippen LogP contribution in [0.4, 0.5) is 0 Å². The molecule has 0 unspecified atom stereocenters. The molecule has 0 saturated carbocycles. The molecule has 2 nitrogen and oxygen atoms in total. The number of quaternary nitrogens is 2. The molecule has 0 spiro atoms. The number of nitrogens with zero attached hydrogens (tertiary/aromatic N) is 1. The second-order valence-electron chi connectivity index (χ2n) is 3.04. The molecule has 1 aliphatic rings. The largest absolute Gasteiger partial charge is 0.311 e. The Hall–Kier alpha value is -0.0800. The third-order valence-corrected chi connectivity index (χ3v) is 2.66. The van der Waals surface area contributed by atoms with Crippen molar-refractivity contribution in [1.29, 1.82) is 0 Å². The highest BCUT2D eigenvalue weighted by atomic mass is 15.4. The van der Waals surface area contributed by atoms with E-state index < -0.39 is 0 Å². The maximum absolute atomic E-state index is 3.98. The Labute approximate surface area is 57.2 Å². The van der Waals surface area contributed by atoms with Crippen LogP contribution in [0.25, 0.3) is 0 Å². The van der Waals surface area contributed by atoms with Crippen molar-refractivity contribution in [2.45, 2.75) is 19.8 Å². The predicted octanol–water partition coefficient (Wildman–Crippen LogP) is -0.184. The first-order valence-corrected chi connectivity index (χ1v) is 3.97. The van der Waals surface area contributed by atoms with Gasteiger partial charge in [0.15, 0.2) is 0 Å².